The third kappa shape index (κ3) is 2.95. The van der Waals surface area contributed by atoms with Crippen molar-refractivity contribution in [3.63, 3.8) is 0 Å². The lowest BCUT2D eigenvalue weighted by atomic mass is 9.98. The van der Waals surface area contributed by atoms with E-state index in [0.29, 0.717) is 24.4 Å². The summed E-state index contributed by atoms with van der Waals surface area (Å²) >= 11 is 0. The Hall–Kier alpha value is -2.54. The molecule has 0 saturated heterocycles. The minimum absolute atomic E-state index is 0.152. The number of carbonyl (C=O) groups is 1. The Morgan fingerprint density at radius 2 is 1.80 bits per heavy atom. The van der Waals surface area contributed by atoms with Gasteiger partial charge in [-0.1, -0.05) is 6.07 Å². The Kier molecular flexibility index (Phi) is 3.68. The van der Waals surface area contributed by atoms with Crippen LogP contribution in [0.3, 0.4) is 0 Å². The maximum absolute atomic E-state index is 12.8. The standard InChI is InChI=1S/C18H17NO5S/c1-25(21,22)15-4-2-3-13(7-15)18(20)19-6-5-12-8-16-17(24-11-23-16)9-14(12)10-19/h2-4,7-9H,5-6,10-11H2,1H3. The predicted octanol–water partition coefficient (Wildman–Crippen LogP) is 2.02. The van der Waals surface area contributed by atoms with Gasteiger partial charge < -0.3 is 14.4 Å². The number of rotatable bonds is 2. The summed E-state index contributed by atoms with van der Waals surface area (Å²) < 4.78 is 34.2. The van der Waals surface area contributed by atoms with Crippen LogP contribution in [0.2, 0.25) is 0 Å². The van der Waals surface area contributed by atoms with Crippen molar-refractivity contribution in [1.29, 1.82) is 0 Å². The number of sulfone groups is 1. The molecular weight excluding hydrogens is 342 g/mol. The molecule has 0 saturated carbocycles. The zero-order valence-electron chi connectivity index (χ0n) is 13.7. The summed E-state index contributed by atoms with van der Waals surface area (Å²) in [5, 5.41) is 0. The van der Waals surface area contributed by atoms with Gasteiger partial charge in [0.1, 0.15) is 0 Å². The van der Waals surface area contributed by atoms with Crippen LogP contribution in [0.15, 0.2) is 41.3 Å². The summed E-state index contributed by atoms with van der Waals surface area (Å²) in [4.78, 5) is 14.7. The second-order valence-corrected chi connectivity index (χ2v) is 8.27. The molecular formula is C18H17NO5S. The first-order valence-electron chi connectivity index (χ1n) is 7.92. The summed E-state index contributed by atoms with van der Waals surface area (Å²) in [5.74, 6) is 1.28. The zero-order chi connectivity index (χ0) is 17.6. The summed E-state index contributed by atoms with van der Waals surface area (Å²) in [6, 6.07) is 10.1. The van der Waals surface area contributed by atoms with Crippen molar-refractivity contribution in [2.45, 2.75) is 17.9 Å². The zero-order valence-corrected chi connectivity index (χ0v) is 14.5. The van der Waals surface area contributed by atoms with Gasteiger partial charge in [0.2, 0.25) is 6.79 Å². The van der Waals surface area contributed by atoms with Crippen LogP contribution >= 0.6 is 0 Å². The molecule has 2 heterocycles. The summed E-state index contributed by atoms with van der Waals surface area (Å²) in [6.45, 7) is 1.27. The number of fused-ring (bicyclic) bond motifs is 2. The van der Waals surface area contributed by atoms with E-state index in [1.807, 2.05) is 12.1 Å². The first kappa shape index (κ1) is 16.0. The van der Waals surface area contributed by atoms with Crippen LogP contribution in [0.4, 0.5) is 0 Å². The largest absolute Gasteiger partial charge is 0.454 e. The molecule has 0 aromatic heterocycles. The summed E-state index contributed by atoms with van der Waals surface area (Å²) in [6.07, 6.45) is 1.86. The van der Waals surface area contributed by atoms with Crippen LogP contribution in [0, 0.1) is 0 Å². The lowest BCUT2D eigenvalue weighted by molar-refractivity contribution is 0.0734. The maximum Gasteiger partial charge on any atom is 0.254 e. The molecule has 130 valence electrons. The fraction of sp³-hybridized carbons (Fsp3) is 0.278. The monoisotopic (exact) mass is 359 g/mol. The SMILES string of the molecule is CS(=O)(=O)c1cccc(C(=O)N2CCc3cc4c(cc3C2)OCO4)c1. The van der Waals surface area contributed by atoms with Gasteiger partial charge in [-0.2, -0.15) is 0 Å². The minimum Gasteiger partial charge on any atom is -0.454 e. The smallest absolute Gasteiger partial charge is 0.254 e. The average molecular weight is 359 g/mol. The molecule has 0 spiro atoms. The average Bonchev–Trinajstić information content (AvgIpc) is 3.05. The molecule has 25 heavy (non-hydrogen) atoms. The van der Waals surface area contributed by atoms with E-state index in [-0.39, 0.29) is 17.6 Å². The number of ether oxygens (including phenoxy) is 2. The molecule has 0 radical (unpaired) electrons. The highest BCUT2D eigenvalue weighted by atomic mass is 32.2. The minimum atomic E-state index is -3.35. The van der Waals surface area contributed by atoms with E-state index in [0.717, 1.165) is 29.6 Å². The third-order valence-corrected chi connectivity index (χ3v) is 5.61. The van der Waals surface area contributed by atoms with Crippen molar-refractivity contribution in [3.05, 3.63) is 53.1 Å². The molecule has 0 aliphatic carbocycles. The molecule has 0 atom stereocenters. The fourth-order valence-electron chi connectivity index (χ4n) is 3.16. The van der Waals surface area contributed by atoms with Crippen LogP contribution < -0.4 is 9.47 Å². The number of nitrogens with zero attached hydrogens (tertiary/aromatic N) is 1. The number of hydrogen-bond donors (Lipinski definition) is 0. The van der Waals surface area contributed by atoms with Gasteiger partial charge in [-0.05, 0) is 47.9 Å². The van der Waals surface area contributed by atoms with Crippen LogP contribution in [-0.4, -0.2) is 38.8 Å². The molecule has 2 aliphatic rings. The molecule has 0 unspecified atom stereocenters. The van der Waals surface area contributed by atoms with Gasteiger partial charge >= 0.3 is 0 Å². The van der Waals surface area contributed by atoms with E-state index in [4.69, 9.17) is 9.47 Å². The highest BCUT2D eigenvalue weighted by molar-refractivity contribution is 7.90. The van der Waals surface area contributed by atoms with Crippen molar-refractivity contribution in [1.82, 2.24) is 4.90 Å². The van der Waals surface area contributed by atoms with E-state index in [2.05, 4.69) is 0 Å². The van der Waals surface area contributed by atoms with E-state index < -0.39 is 9.84 Å². The van der Waals surface area contributed by atoms with Crippen molar-refractivity contribution >= 4 is 15.7 Å². The third-order valence-electron chi connectivity index (χ3n) is 4.50. The summed E-state index contributed by atoms with van der Waals surface area (Å²) in [7, 11) is -3.35. The van der Waals surface area contributed by atoms with Crippen molar-refractivity contribution in [3.8, 4) is 11.5 Å². The Labute approximate surface area is 145 Å². The van der Waals surface area contributed by atoms with Gasteiger partial charge in [0, 0.05) is 24.9 Å². The van der Waals surface area contributed by atoms with Crippen LogP contribution in [0.25, 0.3) is 0 Å². The Morgan fingerprint density at radius 3 is 2.52 bits per heavy atom. The van der Waals surface area contributed by atoms with Gasteiger partial charge in [-0.25, -0.2) is 8.42 Å². The second kappa shape index (κ2) is 5.77. The van der Waals surface area contributed by atoms with Crippen LogP contribution in [0.1, 0.15) is 21.5 Å². The Bertz CT molecular complexity index is 967. The predicted molar refractivity (Wildman–Crippen MR) is 90.6 cm³/mol. The van der Waals surface area contributed by atoms with E-state index >= 15 is 0 Å². The van der Waals surface area contributed by atoms with Gasteiger partial charge in [0.05, 0.1) is 4.90 Å². The van der Waals surface area contributed by atoms with Gasteiger partial charge in [0.15, 0.2) is 21.3 Å². The second-order valence-electron chi connectivity index (χ2n) is 6.25. The molecule has 0 fully saturated rings. The molecule has 6 nitrogen and oxygen atoms in total. The van der Waals surface area contributed by atoms with Crippen molar-refractivity contribution < 1.29 is 22.7 Å². The van der Waals surface area contributed by atoms with Crippen LogP contribution in [0.5, 0.6) is 11.5 Å². The van der Waals surface area contributed by atoms with Crippen molar-refractivity contribution in [2.75, 3.05) is 19.6 Å². The molecule has 2 aliphatic heterocycles. The van der Waals surface area contributed by atoms with Crippen LogP contribution in [-0.2, 0) is 22.8 Å². The highest BCUT2D eigenvalue weighted by Crippen LogP contribution is 2.36. The molecule has 4 rings (SSSR count). The molecule has 7 heteroatoms. The number of benzene rings is 2. The van der Waals surface area contributed by atoms with Gasteiger partial charge in [-0.3, -0.25) is 4.79 Å². The van der Waals surface area contributed by atoms with E-state index in [9.17, 15) is 13.2 Å². The number of hydrogen-bond acceptors (Lipinski definition) is 5. The molecule has 2 aromatic rings. The number of carbonyl (C=O) groups excluding carboxylic acids is 1. The maximum atomic E-state index is 12.8. The van der Waals surface area contributed by atoms with E-state index in [1.54, 1.807) is 17.0 Å². The highest BCUT2D eigenvalue weighted by Gasteiger charge is 2.25. The first-order valence-corrected chi connectivity index (χ1v) is 9.82. The fourth-order valence-corrected chi connectivity index (χ4v) is 3.83. The molecule has 1 amide bonds. The molecule has 2 aromatic carbocycles. The Balaban J connectivity index is 1.60. The quantitative estimate of drug-likeness (QED) is 0.820. The lowest BCUT2D eigenvalue weighted by Crippen LogP contribution is -2.36. The van der Waals surface area contributed by atoms with Gasteiger partial charge in [0.25, 0.3) is 5.91 Å². The lowest BCUT2D eigenvalue weighted by Gasteiger charge is -2.29. The van der Waals surface area contributed by atoms with Crippen molar-refractivity contribution in [2.24, 2.45) is 0 Å². The Morgan fingerprint density at radius 1 is 1.08 bits per heavy atom. The van der Waals surface area contributed by atoms with Gasteiger partial charge in [-0.15, -0.1) is 0 Å². The van der Waals surface area contributed by atoms with E-state index in [1.165, 1.54) is 12.1 Å². The topological polar surface area (TPSA) is 72.9 Å². The molecule has 0 bridgehead atoms. The normalized spacial score (nSPS) is 15.8. The number of amides is 1. The summed E-state index contributed by atoms with van der Waals surface area (Å²) in [5.41, 5.74) is 2.56. The molecule has 0 N–H and O–H groups in total. The first-order chi connectivity index (χ1) is 11.9.